The van der Waals surface area contributed by atoms with Crippen molar-refractivity contribution in [2.45, 2.75) is 39.4 Å². The summed E-state index contributed by atoms with van der Waals surface area (Å²) in [5, 5.41) is 6.37. The van der Waals surface area contributed by atoms with Crippen molar-refractivity contribution >= 4 is 36.0 Å². The van der Waals surface area contributed by atoms with Gasteiger partial charge in [0, 0.05) is 40.3 Å². The zero-order valence-corrected chi connectivity index (χ0v) is 19.2. The van der Waals surface area contributed by atoms with Crippen molar-refractivity contribution in [3.63, 3.8) is 0 Å². The summed E-state index contributed by atoms with van der Waals surface area (Å²) in [6.45, 7) is 8.48. The Labute approximate surface area is 179 Å². The maximum Gasteiger partial charge on any atom is 0.410 e. The van der Waals surface area contributed by atoms with E-state index in [9.17, 15) is 4.79 Å². The number of nitrogens with one attached hydrogen (secondary N) is 2. The number of ether oxygens (including phenoxy) is 2. The fraction of sp³-hybridized carbons (Fsp3) is 0.667. The number of aliphatic imine (C=N–C) groups is 1. The van der Waals surface area contributed by atoms with Gasteiger partial charge >= 0.3 is 6.09 Å². The first-order valence-corrected chi connectivity index (χ1v) is 8.80. The summed E-state index contributed by atoms with van der Waals surface area (Å²) < 4.78 is 16.0. The molecule has 1 amide bonds. The smallest absolute Gasteiger partial charge is 0.410 e. The average Bonchev–Trinajstić information content (AvgIpc) is 3.07. The molecule has 0 radical (unpaired) electrons. The second-order valence-electron chi connectivity index (χ2n) is 6.81. The summed E-state index contributed by atoms with van der Waals surface area (Å²) in [6.07, 6.45) is 2.14. The Morgan fingerprint density at radius 3 is 2.59 bits per heavy atom. The van der Waals surface area contributed by atoms with Crippen molar-refractivity contribution in [3.05, 3.63) is 24.2 Å². The van der Waals surface area contributed by atoms with Crippen molar-refractivity contribution in [2.75, 3.05) is 40.3 Å². The number of carbonyl (C=O) groups is 1. The summed E-state index contributed by atoms with van der Waals surface area (Å²) >= 11 is 0. The quantitative estimate of drug-likeness (QED) is 0.237. The van der Waals surface area contributed by atoms with E-state index in [0.717, 1.165) is 18.7 Å². The molecule has 9 heteroatoms. The number of guanidine groups is 1. The van der Waals surface area contributed by atoms with Gasteiger partial charge in [-0.15, -0.1) is 24.0 Å². The van der Waals surface area contributed by atoms with E-state index in [2.05, 4.69) is 15.6 Å². The summed E-state index contributed by atoms with van der Waals surface area (Å²) in [5.74, 6) is 1.51. The molecule has 0 saturated heterocycles. The van der Waals surface area contributed by atoms with Crippen LogP contribution in [0.2, 0.25) is 0 Å². The molecule has 0 aliphatic rings. The SMILES string of the molecule is CN=C(NCCCOCc1ccco1)NCCN(C)C(=O)OC(C)(C)C.I. The summed E-state index contributed by atoms with van der Waals surface area (Å²) in [5.41, 5.74) is -0.491. The molecule has 1 aromatic rings. The number of carbonyl (C=O) groups excluding carboxylic acids is 1. The number of amides is 1. The van der Waals surface area contributed by atoms with E-state index in [0.29, 0.717) is 32.3 Å². The Bertz CT molecular complexity index is 544. The van der Waals surface area contributed by atoms with Crippen molar-refractivity contribution in [2.24, 2.45) is 4.99 Å². The van der Waals surface area contributed by atoms with Gasteiger partial charge in [-0.25, -0.2) is 4.79 Å². The summed E-state index contributed by atoms with van der Waals surface area (Å²) in [4.78, 5) is 17.6. The average molecular weight is 496 g/mol. The minimum atomic E-state index is -0.491. The van der Waals surface area contributed by atoms with Crippen LogP contribution in [0.4, 0.5) is 4.79 Å². The molecule has 0 aliphatic carbocycles. The minimum Gasteiger partial charge on any atom is -0.467 e. The first-order valence-electron chi connectivity index (χ1n) is 8.80. The third kappa shape index (κ3) is 12.5. The normalized spacial score (nSPS) is 11.5. The van der Waals surface area contributed by atoms with Crippen molar-refractivity contribution in [1.82, 2.24) is 15.5 Å². The molecule has 8 nitrogen and oxygen atoms in total. The molecule has 0 aliphatic heterocycles. The third-order valence-electron chi connectivity index (χ3n) is 3.25. The Kier molecular flexibility index (Phi) is 12.9. The largest absolute Gasteiger partial charge is 0.467 e. The number of halogens is 1. The number of nitrogens with zero attached hydrogens (tertiary/aromatic N) is 2. The molecule has 1 aromatic heterocycles. The van der Waals surface area contributed by atoms with Crippen LogP contribution in [0.3, 0.4) is 0 Å². The van der Waals surface area contributed by atoms with E-state index >= 15 is 0 Å². The lowest BCUT2D eigenvalue weighted by atomic mass is 10.2. The fourth-order valence-corrected chi connectivity index (χ4v) is 1.94. The molecular formula is C18H33IN4O4. The number of likely N-dealkylation sites (N-methyl/N-ethyl adjacent to an activating group) is 1. The van der Waals surface area contributed by atoms with E-state index in [1.807, 2.05) is 32.9 Å². The Balaban J connectivity index is 0.00000676. The Morgan fingerprint density at radius 1 is 1.30 bits per heavy atom. The summed E-state index contributed by atoms with van der Waals surface area (Å²) in [7, 11) is 3.42. The number of hydrogen-bond donors (Lipinski definition) is 2. The Hall–Kier alpha value is -1.49. The van der Waals surface area contributed by atoms with Gasteiger partial charge in [0.15, 0.2) is 5.96 Å². The first kappa shape index (κ1) is 25.5. The van der Waals surface area contributed by atoms with Gasteiger partial charge in [-0.1, -0.05) is 0 Å². The Morgan fingerprint density at radius 2 is 2.00 bits per heavy atom. The number of rotatable bonds is 9. The standard InChI is InChI=1S/C18H32N4O4.HI/c1-18(2,3)26-17(23)22(5)11-10-21-16(19-4)20-9-7-12-24-14-15-8-6-13-25-15;/h6,8,13H,7,9-12,14H2,1-5H3,(H2,19,20,21);1H. The van der Waals surface area contributed by atoms with Crippen LogP contribution in [-0.4, -0.2) is 62.9 Å². The predicted octanol–water partition coefficient (Wildman–Crippen LogP) is 2.84. The zero-order valence-electron chi connectivity index (χ0n) is 16.9. The topological polar surface area (TPSA) is 88.3 Å². The lowest BCUT2D eigenvalue weighted by molar-refractivity contribution is 0.0302. The van der Waals surface area contributed by atoms with E-state index < -0.39 is 5.60 Å². The molecule has 0 unspecified atom stereocenters. The van der Waals surface area contributed by atoms with E-state index in [1.54, 1.807) is 20.4 Å². The number of hydrogen-bond acceptors (Lipinski definition) is 5. The second kappa shape index (κ2) is 13.6. The molecule has 0 aromatic carbocycles. The highest BCUT2D eigenvalue weighted by Crippen LogP contribution is 2.08. The molecule has 2 N–H and O–H groups in total. The highest BCUT2D eigenvalue weighted by atomic mass is 127. The van der Waals surface area contributed by atoms with Gasteiger partial charge in [-0.3, -0.25) is 4.99 Å². The highest BCUT2D eigenvalue weighted by molar-refractivity contribution is 14.0. The second-order valence-corrected chi connectivity index (χ2v) is 6.81. The lowest BCUT2D eigenvalue weighted by Crippen LogP contribution is -2.43. The maximum atomic E-state index is 11.9. The van der Waals surface area contributed by atoms with Gasteiger partial charge in [0.05, 0.1) is 6.26 Å². The molecule has 0 spiro atoms. The van der Waals surface area contributed by atoms with E-state index in [-0.39, 0.29) is 30.1 Å². The molecule has 0 atom stereocenters. The molecule has 156 valence electrons. The van der Waals surface area contributed by atoms with Crippen molar-refractivity contribution < 1.29 is 18.7 Å². The monoisotopic (exact) mass is 496 g/mol. The van der Waals surface area contributed by atoms with E-state index in [4.69, 9.17) is 13.9 Å². The van der Waals surface area contributed by atoms with Crippen LogP contribution in [0.15, 0.2) is 27.8 Å². The third-order valence-corrected chi connectivity index (χ3v) is 3.25. The van der Waals surface area contributed by atoms with Gasteiger partial charge in [0.2, 0.25) is 0 Å². The maximum absolute atomic E-state index is 11.9. The van der Waals surface area contributed by atoms with E-state index in [1.165, 1.54) is 4.90 Å². The molecule has 0 bridgehead atoms. The number of furan rings is 1. The predicted molar refractivity (Wildman–Crippen MR) is 117 cm³/mol. The molecule has 0 fully saturated rings. The van der Waals surface area contributed by atoms with Gasteiger partial charge in [-0.2, -0.15) is 0 Å². The molecular weight excluding hydrogens is 463 g/mol. The van der Waals surface area contributed by atoms with Crippen LogP contribution < -0.4 is 10.6 Å². The molecule has 1 rings (SSSR count). The van der Waals surface area contributed by atoms with Crippen molar-refractivity contribution in [3.8, 4) is 0 Å². The molecule has 1 heterocycles. The highest BCUT2D eigenvalue weighted by Gasteiger charge is 2.19. The summed E-state index contributed by atoms with van der Waals surface area (Å²) in [6, 6.07) is 3.73. The van der Waals surface area contributed by atoms with Crippen LogP contribution in [0, 0.1) is 0 Å². The minimum absolute atomic E-state index is 0. The van der Waals surface area contributed by atoms with Crippen LogP contribution in [0.5, 0.6) is 0 Å². The van der Waals surface area contributed by atoms with Crippen LogP contribution in [0.25, 0.3) is 0 Å². The van der Waals surface area contributed by atoms with Gasteiger partial charge in [-0.05, 0) is 39.3 Å². The van der Waals surface area contributed by atoms with Crippen LogP contribution in [-0.2, 0) is 16.1 Å². The van der Waals surface area contributed by atoms with Crippen LogP contribution >= 0.6 is 24.0 Å². The fourth-order valence-electron chi connectivity index (χ4n) is 1.94. The van der Waals surface area contributed by atoms with Crippen molar-refractivity contribution in [1.29, 1.82) is 0 Å². The zero-order chi connectivity index (χ0) is 19.4. The molecule has 27 heavy (non-hydrogen) atoms. The van der Waals surface area contributed by atoms with Gasteiger partial charge < -0.3 is 29.4 Å². The van der Waals surface area contributed by atoms with Crippen LogP contribution in [0.1, 0.15) is 33.0 Å². The molecule has 0 saturated carbocycles. The first-order chi connectivity index (χ1) is 12.3. The van der Waals surface area contributed by atoms with Gasteiger partial charge in [0.1, 0.15) is 18.0 Å². The lowest BCUT2D eigenvalue weighted by Gasteiger charge is -2.24. The van der Waals surface area contributed by atoms with Gasteiger partial charge in [0.25, 0.3) is 0 Å².